The Kier molecular flexibility index (Phi) is 2.87. The predicted molar refractivity (Wildman–Crippen MR) is 61.5 cm³/mol. The Morgan fingerprint density at radius 2 is 1.87 bits per heavy atom. The second-order valence-electron chi connectivity index (χ2n) is 3.43. The van der Waals surface area contributed by atoms with Gasteiger partial charge in [0.25, 0.3) is 0 Å². The summed E-state index contributed by atoms with van der Waals surface area (Å²) in [6.07, 6.45) is 3.74. The van der Waals surface area contributed by atoms with E-state index in [0.717, 1.165) is 18.5 Å². The SMILES string of the molecule is Oc1ccc(CCc2c[nH]c(=S)[nH]2)cc1. The molecule has 78 valence electrons. The van der Waals surface area contributed by atoms with Crippen LogP contribution in [-0.2, 0) is 12.8 Å². The van der Waals surface area contributed by atoms with Crippen LogP contribution in [0.5, 0.6) is 5.75 Å². The highest BCUT2D eigenvalue weighted by atomic mass is 32.1. The third kappa shape index (κ3) is 2.70. The van der Waals surface area contributed by atoms with Crippen molar-refractivity contribution in [2.24, 2.45) is 0 Å². The normalized spacial score (nSPS) is 10.4. The summed E-state index contributed by atoms with van der Waals surface area (Å²) in [6, 6.07) is 7.26. The molecule has 1 heterocycles. The highest BCUT2D eigenvalue weighted by molar-refractivity contribution is 7.71. The van der Waals surface area contributed by atoms with Gasteiger partial charge >= 0.3 is 0 Å². The van der Waals surface area contributed by atoms with Crippen molar-refractivity contribution < 1.29 is 5.11 Å². The number of phenolic OH excluding ortho intramolecular Hbond substituents is 1. The number of benzene rings is 1. The number of hydrogen-bond acceptors (Lipinski definition) is 2. The van der Waals surface area contributed by atoms with E-state index in [2.05, 4.69) is 9.97 Å². The predicted octanol–water partition coefficient (Wildman–Crippen LogP) is 2.56. The summed E-state index contributed by atoms with van der Waals surface area (Å²) in [7, 11) is 0. The van der Waals surface area contributed by atoms with Crippen molar-refractivity contribution in [1.82, 2.24) is 9.97 Å². The van der Waals surface area contributed by atoms with Gasteiger partial charge in [0.1, 0.15) is 5.75 Å². The van der Waals surface area contributed by atoms with Crippen molar-refractivity contribution in [3.8, 4) is 5.75 Å². The first-order valence-electron chi connectivity index (χ1n) is 4.78. The van der Waals surface area contributed by atoms with Crippen LogP contribution in [0.4, 0.5) is 0 Å². The van der Waals surface area contributed by atoms with E-state index in [0.29, 0.717) is 10.5 Å². The number of nitrogens with one attached hydrogen (secondary N) is 2. The number of hydrogen-bond donors (Lipinski definition) is 3. The molecule has 0 unspecified atom stereocenters. The number of imidazole rings is 1. The standard InChI is InChI=1S/C11H12N2OS/c14-10-5-2-8(3-6-10)1-4-9-7-12-11(15)13-9/h2-3,5-7,14H,1,4H2,(H2,12,13,15). The van der Waals surface area contributed by atoms with E-state index in [1.54, 1.807) is 12.1 Å². The molecule has 0 saturated carbocycles. The van der Waals surface area contributed by atoms with Gasteiger partial charge in [-0.3, -0.25) is 0 Å². The zero-order chi connectivity index (χ0) is 10.7. The molecule has 0 aliphatic heterocycles. The molecule has 3 N–H and O–H groups in total. The number of phenols is 1. The molecule has 3 nitrogen and oxygen atoms in total. The second-order valence-corrected chi connectivity index (χ2v) is 3.84. The van der Waals surface area contributed by atoms with E-state index in [1.165, 1.54) is 5.56 Å². The minimum atomic E-state index is 0.305. The molecule has 2 rings (SSSR count). The lowest BCUT2D eigenvalue weighted by Gasteiger charge is -1.99. The van der Waals surface area contributed by atoms with Crippen LogP contribution < -0.4 is 0 Å². The van der Waals surface area contributed by atoms with E-state index in [4.69, 9.17) is 17.3 Å². The van der Waals surface area contributed by atoms with Crippen molar-refractivity contribution in [3.05, 3.63) is 46.5 Å². The number of aromatic amines is 2. The first-order valence-corrected chi connectivity index (χ1v) is 5.19. The number of aromatic hydroxyl groups is 1. The number of aryl methyl sites for hydroxylation is 2. The molecule has 1 aromatic carbocycles. The molecule has 0 aliphatic carbocycles. The monoisotopic (exact) mass is 220 g/mol. The summed E-state index contributed by atoms with van der Waals surface area (Å²) in [4.78, 5) is 6.00. The Bertz CT molecular complexity index is 484. The van der Waals surface area contributed by atoms with Gasteiger partial charge in [0, 0.05) is 11.9 Å². The average molecular weight is 220 g/mol. The van der Waals surface area contributed by atoms with Crippen LogP contribution in [0.25, 0.3) is 0 Å². The Labute approximate surface area is 92.8 Å². The van der Waals surface area contributed by atoms with Gasteiger partial charge in [0.05, 0.1) is 0 Å². The average Bonchev–Trinajstić information content (AvgIpc) is 2.64. The largest absolute Gasteiger partial charge is 0.508 e. The van der Waals surface area contributed by atoms with Crippen LogP contribution in [0.15, 0.2) is 30.5 Å². The fourth-order valence-corrected chi connectivity index (χ4v) is 1.64. The van der Waals surface area contributed by atoms with Crippen LogP contribution in [0.1, 0.15) is 11.3 Å². The van der Waals surface area contributed by atoms with E-state index >= 15 is 0 Å². The smallest absolute Gasteiger partial charge is 0.174 e. The van der Waals surface area contributed by atoms with E-state index < -0.39 is 0 Å². The van der Waals surface area contributed by atoms with Crippen molar-refractivity contribution in [2.45, 2.75) is 12.8 Å². The first-order chi connectivity index (χ1) is 7.24. The molecule has 0 saturated heterocycles. The second kappa shape index (κ2) is 4.31. The molecule has 15 heavy (non-hydrogen) atoms. The highest BCUT2D eigenvalue weighted by Crippen LogP contribution is 2.11. The van der Waals surface area contributed by atoms with Crippen molar-refractivity contribution >= 4 is 12.2 Å². The Hall–Kier alpha value is -1.55. The quantitative estimate of drug-likeness (QED) is 0.696. The lowest BCUT2D eigenvalue weighted by molar-refractivity contribution is 0.475. The fourth-order valence-electron chi connectivity index (χ4n) is 1.45. The van der Waals surface area contributed by atoms with Gasteiger partial charge in [-0.2, -0.15) is 0 Å². The highest BCUT2D eigenvalue weighted by Gasteiger charge is 1.97. The number of H-pyrrole nitrogens is 2. The van der Waals surface area contributed by atoms with Gasteiger partial charge in [-0.25, -0.2) is 0 Å². The van der Waals surface area contributed by atoms with Crippen LogP contribution in [-0.4, -0.2) is 15.1 Å². The molecule has 0 amide bonds. The third-order valence-corrected chi connectivity index (χ3v) is 2.49. The summed E-state index contributed by atoms with van der Waals surface area (Å²) >= 11 is 4.94. The summed E-state index contributed by atoms with van der Waals surface area (Å²) in [5, 5.41) is 9.12. The van der Waals surface area contributed by atoms with Crippen molar-refractivity contribution in [1.29, 1.82) is 0 Å². The summed E-state index contributed by atoms with van der Waals surface area (Å²) in [6.45, 7) is 0. The molecule has 2 aromatic rings. The Morgan fingerprint density at radius 1 is 1.13 bits per heavy atom. The lowest BCUT2D eigenvalue weighted by atomic mass is 10.1. The zero-order valence-corrected chi connectivity index (χ0v) is 8.97. The molecule has 0 bridgehead atoms. The zero-order valence-electron chi connectivity index (χ0n) is 8.16. The molecule has 0 radical (unpaired) electrons. The van der Waals surface area contributed by atoms with Crippen LogP contribution in [0.3, 0.4) is 0 Å². The molecule has 0 fully saturated rings. The topological polar surface area (TPSA) is 51.8 Å². The maximum absolute atomic E-state index is 9.12. The van der Waals surface area contributed by atoms with E-state index in [-0.39, 0.29) is 0 Å². The minimum Gasteiger partial charge on any atom is -0.508 e. The maximum Gasteiger partial charge on any atom is 0.174 e. The van der Waals surface area contributed by atoms with Crippen LogP contribution in [0.2, 0.25) is 0 Å². The molecular weight excluding hydrogens is 208 g/mol. The molecule has 0 aliphatic rings. The first kappa shape index (κ1) is 9.98. The Balaban J connectivity index is 1.99. The maximum atomic E-state index is 9.12. The molecular formula is C11H12N2OS. The van der Waals surface area contributed by atoms with Crippen molar-refractivity contribution in [3.63, 3.8) is 0 Å². The summed E-state index contributed by atoms with van der Waals surface area (Å²) < 4.78 is 0.663. The van der Waals surface area contributed by atoms with Gasteiger partial charge in [0.2, 0.25) is 0 Å². The van der Waals surface area contributed by atoms with Gasteiger partial charge in [-0.05, 0) is 42.8 Å². The van der Waals surface area contributed by atoms with Crippen LogP contribution >= 0.6 is 12.2 Å². The third-order valence-electron chi connectivity index (χ3n) is 2.27. The lowest BCUT2D eigenvalue weighted by Crippen LogP contribution is -1.90. The summed E-state index contributed by atoms with van der Waals surface area (Å²) in [5.74, 6) is 0.305. The molecule has 4 heteroatoms. The van der Waals surface area contributed by atoms with Gasteiger partial charge in [0.15, 0.2) is 4.77 Å². The van der Waals surface area contributed by atoms with E-state index in [1.807, 2.05) is 18.3 Å². The Morgan fingerprint density at radius 3 is 2.47 bits per heavy atom. The number of rotatable bonds is 3. The van der Waals surface area contributed by atoms with Crippen molar-refractivity contribution in [2.75, 3.05) is 0 Å². The van der Waals surface area contributed by atoms with Gasteiger partial charge < -0.3 is 15.1 Å². The van der Waals surface area contributed by atoms with Crippen LogP contribution in [0, 0.1) is 4.77 Å². The number of aromatic nitrogens is 2. The molecule has 0 spiro atoms. The molecule has 1 aromatic heterocycles. The van der Waals surface area contributed by atoms with Gasteiger partial charge in [-0.1, -0.05) is 12.1 Å². The molecule has 0 atom stereocenters. The summed E-state index contributed by atoms with van der Waals surface area (Å²) in [5.41, 5.74) is 2.31. The van der Waals surface area contributed by atoms with E-state index in [9.17, 15) is 0 Å². The minimum absolute atomic E-state index is 0.305. The fraction of sp³-hybridized carbons (Fsp3) is 0.182. The van der Waals surface area contributed by atoms with Gasteiger partial charge in [-0.15, -0.1) is 0 Å².